The van der Waals surface area contributed by atoms with Crippen molar-refractivity contribution in [1.82, 2.24) is 4.98 Å². The molecule has 0 radical (unpaired) electrons. The molecule has 3 aromatic rings. The minimum atomic E-state index is 0.314. The molecule has 0 saturated carbocycles. The number of aromatic nitrogens is 1. The summed E-state index contributed by atoms with van der Waals surface area (Å²) >= 11 is 1.51. The highest BCUT2D eigenvalue weighted by Crippen LogP contribution is 2.26. The largest absolute Gasteiger partial charge is 0.382 e. The third-order valence-corrected chi connectivity index (χ3v) is 5.22. The summed E-state index contributed by atoms with van der Waals surface area (Å²) < 4.78 is 0. The van der Waals surface area contributed by atoms with Crippen LogP contribution in [-0.4, -0.2) is 10.8 Å². The normalized spacial score (nSPS) is 10.6. The molecule has 3 rings (SSSR count). The molecule has 0 aliphatic rings. The second kappa shape index (κ2) is 14.3. The molecule has 0 fully saturated rings. The maximum absolute atomic E-state index is 6.30. The van der Waals surface area contributed by atoms with Crippen LogP contribution in [0.2, 0.25) is 0 Å². The fourth-order valence-corrected chi connectivity index (χ4v) is 3.20. The van der Waals surface area contributed by atoms with Gasteiger partial charge in [-0.3, -0.25) is 4.98 Å². The highest BCUT2D eigenvalue weighted by molar-refractivity contribution is 7.14. The molecule has 0 spiro atoms. The van der Waals surface area contributed by atoms with Crippen LogP contribution >= 0.6 is 11.3 Å². The second-order valence-corrected chi connectivity index (χ2v) is 7.88. The molecule has 5 nitrogen and oxygen atoms in total. The Morgan fingerprint density at radius 3 is 2.29 bits per heavy atom. The minimum Gasteiger partial charge on any atom is -0.382 e. The van der Waals surface area contributed by atoms with E-state index in [9.17, 15) is 0 Å². The Labute approximate surface area is 191 Å². The van der Waals surface area contributed by atoms with E-state index < -0.39 is 0 Å². The molecule has 0 saturated heterocycles. The van der Waals surface area contributed by atoms with E-state index in [0.717, 1.165) is 27.4 Å². The number of rotatable bonds is 6. The van der Waals surface area contributed by atoms with Gasteiger partial charge in [0.2, 0.25) is 0 Å². The molecule has 4 N–H and O–H groups in total. The second-order valence-electron chi connectivity index (χ2n) is 6.95. The standard InChI is InChI=1S/C19H21N5S.C4H10.C2H6/c1-13(2)15-9-8-14(17-6-3-4-10-22-17)12-16(15)19(20)23-24(21)18-7-5-11-25-18;1-3-4-2;1-2/h3-13H,21H2,1-2H3,(H2,20,23);3-4H2,1-2H3;1-2H3. The molecular formula is C25H37N5S. The Morgan fingerprint density at radius 1 is 1.06 bits per heavy atom. The van der Waals surface area contributed by atoms with Gasteiger partial charge in [-0.2, -0.15) is 5.12 Å². The first-order valence-corrected chi connectivity index (χ1v) is 11.8. The summed E-state index contributed by atoms with van der Waals surface area (Å²) in [6, 6.07) is 15.8. The molecule has 0 amide bonds. The highest BCUT2D eigenvalue weighted by atomic mass is 32.1. The maximum Gasteiger partial charge on any atom is 0.153 e. The number of hydrogen-bond donors (Lipinski definition) is 2. The predicted molar refractivity (Wildman–Crippen MR) is 137 cm³/mol. The van der Waals surface area contributed by atoms with Crippen LogP contribution < -0.4 is 16.7 Å². The van der Waals surface area contributed by atoms with Crippen LogP contribution in [0.15, 0.2) is 65.2 Å². The van der Waals surface area contributed by atoms with Crippen molar-refractivity contribution < 1.29 is 0 Å². The van der Waals surface area contributed by atoms with Gasteiger partial charge in [-0.1, -0.05) is 72.6 Å². The van der Waals surface area contributed by atoms with E-state index in [2.05, 4.69) is 49.9 Å². The number of benzene rings is 1. The zero-order valence-electron chi connectivity index (χ0n) is 19.7. The van der Waals surface area contributed by atoms with Crippen molar-refractivity contribution in [2.45, 2.75) is 60.3 Å². The topological polar surface area (TPSA) is 80.5 Å². The zero-order chi connectivity index (χ0) is 23.2. The first kappa shape index (κ1) is 26.3. The Morgan fingerprint density at radius 2 is 1.77 bits per heavy atom. The maximum atomic E-state index is 6.30. The van der Waals surface area contributed by atoms with Gasteiger partial charge in [0.05, 0.1) is 5.69 Å². The number of thiophene rings is 1. The third kappa shape index (κ3) is 8.15. The van der Waals surface area contributed by atoms with Gasteiger partial charge >= 0.3 is 0 Å². The van der Waals surface area contributed by atoms with E-state index >= 15 is 0 Å². The van der Waals surface area contributed by atoms with Crippen LogP contribution in [0.5, 0.6) is 0 Å². The Hall–Kier alpha value is -2.70. The first-order valence-electron chi connectivity index (χ1n) is 11.0. The first-order chi connectivity index (χ1) is 15.0. The van der Waals surface area contributed by atoms with Crippen LogP contribution in [0, 0.1) is 0 Å². The highest BCUT2D eigenvalue weighted by Gasteiger charge is 2.13. The van der Waals surface area contributed by atoms with E-state index in [1.54, 1.807) is 6.20 Å². The fourth-order valence-electron chi connectivity index (χ4n) is 2.59. The molecule has 31 heavy (non-hydrogen) atoms. The Kier molecular flexibility index (Phi) is 12.2. The van der Waals surface area contributed by atoms with Crippen molar-refractivity contribution in [1.29, 1.82) is 0 Å². The summed E-state index contributed by atoms with van der Waals surface area (Å²) in [5.41, 5.74) is 10.2. The lowest BCUT2D eigenvalue weighted by Gasteiger charge is -2.16. The van der Waals surface area contributed by atoms with E-state index in [-0.39, 0.29) is 0 Å². The molecule has 1 aromatic carbocycles. The lowest BCUT2D eigenvalue weighted by atomic mass is 9.94. The van der Waals surface area contributed by atoms with Crippen molar-refractivity contribution in [3.8, 4) is 11.3 Å². The zero-order valence-corrected chi connectivity index (χ0v) is 20.5. The van der Waals surface area contributed by atoms with Crippen LogP contribution in [0.3, 0.4) is 0 Å². The van der Waals surface area contributed by atoms with Gasteiger partial charge in [0.1, 0.15) is 5.00 Å². The number of hydrazone groups is 1. The van der Waals surface area contributed by atoms with Gasteiger partial charge in [-0.05, 0) is 47.2 Å². The molecule has 0 aliphatic heterocycles. The minimum absolute atomic E-state index is 0.314. The predicted octanol–water partition coefficient (Wildman–Crippen LogP) is 6.77. The number of amidine groups is 1. The molecule has 0 unspecified atom stereocenters. The van der Waals surface area contributed by atoms with Crippen LogP contribution in [0.25, 0.3) is 11.3 Å². The summed E-state index contributed by atoms with van der Waals surface area (Å²) in [5.74, 6) is 6.72. The number of unbranched alkanes of at least 4 members (excludes halogenated alkanes) is 1. The van der Waals surface area contributed by atoms with Gasteiger partial charge in [0, 0.05) is 17.3 Å². The summed E-state index contributed by atoms with van der Waals surface area (Å²) in [7, 11) is 0. The molecule has 6 heteroatoms. The van der Waals surface area contributed by atoms with Crippen molar-refractivity contribution in [2.75, 3.05) is 5.12 Å². The molecule has 2 aromatic heterocycles. The number of hydrogen-bond acceptors (Lipinski definition) is 5. The quantitative estimate of drug-likeness (QED) is 0.192. The summed E-state index contributed by atoms with van der Waals surface area (Å²) in [6.45, 7) is 12.6. The molecule has 2 heterocycles. The molecule has 0 aliphatic carbocycles. The summed E-state index contributed by atoms with van der Waals surface area (Å²) in [6.07, 6.45) is 4.42. The van der Waals surface area contributed by atoms with Gasteiger partial charge in [0.15, 0.2) is 5.84 Å². The lowest BCUT2D eigenvalue weighted by Crippen LogP contribution is -2.29. The average Bonchev–Trinajstić information content (AvgIpc) is 3.36. The van der Waals surface area contributed by atoms with Crippen molar-refractivity contribution in [3.05, 3.63) is 71.2 Å². The number of nitrogens with zero attached hydrogens (tertiary/aromatic N) is 3. The van der Waals surface area contributed by atoms with Gasteiger partial charge in [-0.25, -0.2) is 5.84 Å². The van der Waals surface area contributed by atoms with Crippen LogP contribution in [-0.2, 0) is 0 Å². The van der Waals surface area contributed by atoms with E-state index in [4.69, 9.17) is 11.6 Å². The molecular weight excluding hydrogens is 402 g/mol. The lowest BCUT2D eigenvalue weighted by molar-refractivity contribution is 0.861. The Balaban J connectivity index is 0.000000720. The summed E-state index contributed by atoms with van der Waals surface area (Å²) in [4.78, 5) is 4.41. The number of hydrazine groups is 1. The Bertz CT molecular complexity index is 888. The third-order valence-electron chi connectivity index (χ3n) is 4.36. The van der Waals surface area contributed by atoms with Crippen molar-refractivity contribution in [3.63, 3.8) is 0 Å². The van der Waals surface area contributed by atoms with Gasteiger partial charge in [-0.15, -0.1) is 16.4 Å². The summed E-state index contributed by atoms with van der Waals surface area (Å²) in [5, 5.41) is 8.46. The van der Waals surface area contributed by atoms with Crippen LogP contribution in [0.1, 0.15) is 71.4 Å². The average molecular weight is 440 g/mol. The number of anilines is 1. The van der Waals surface area contributed by atoms with Gasteiger partial charge < -0.3 is 5.73 Å². The number of pyridine rings is 1. The van der Waals surface area contributed by atoms with Crippen LogP contribution in [0.4, 0.5) is 5.00 Å². The van der Waals surface area contributed by atoms with Crippen molar-refractivity contribution in [2.24, 2.45) is 16.7 Å². The van der Waals surface area contributed by atoms with E-state index in [1.807, 2.05) is 55.6 Å². The van der Waals surface area contributed by atoms with Gasteiger partial charge in [0.25, 0.3) is 0 Å². The monoisotopic (exact) mass is 439 g/mol. The van der Waals surface area contributed by atoms with Crippen molar-refractivity contribution >= 4 is 22.2 Å². The van der Waals surface area contributed by atoms with E-state index in [1.165, 1.54) is 29.3 Å². The smallest absolute Gasteiger partial charge is 0.153 e. The molecule has 0 bridgehead atoms. The number of nitrogens with two attached hydrogens (primary N) is 2. The molecule has 168 valence electrons. The van der Waals surface area contributed by atoms with E-state index in [0.29, 0.717) is 11.8 Å². The molecule has 0 atom stereocenters. The fraction of sp³-hybridized carbons (Fsp3) is 0.360. The SMILES string of the molecule is CC.CC(C)c1ccc(-c2ccccn2)cc1/C(N)=N/N(N)c1cccs1.CCCC.